The van der Waals surface area contributed by atoms with Crippen molar-refractivity contribution in [3.63, 3.8) is 0 Å². The molecule has 1 rings (SSSR count). The molecular weight excluding hydrogens is 208 g/mol. The Morgan fingerprint density at radius 1 is 1.53 bits per heavy atom. The van der Waals surface area contributed by atoms with Gasteiger partial charge in [-0.05, 0) is 42.5 Å². The third-order valence-electron chi connectivity index (χ3n) is 2.58. The molecule has 1 nitrogen and oxygen atoms in total. The Bertz CT molecular complexity index is 333. The van der Waals surface area contributed by atoms with Crippen LogP contribution >= 0.6 is 11.6 Å². The minimum absolute atomic E-state index is 0.441. The fourth-order valence-corrected chi connectivity index (χ4v) is 1.92. The Morgan fingerprint density at radius 2 is 2.27 bits per heavy atom. The van der Waals surface area contributed by atoms with E-state index in [1.807, 2.05) is 24.3 Å². The molecule has 0 saturated carbocycles. The van der Waals surface area contributed by atoms with Crippen molar-refractivity contribution in [2.75, 3.05) is 7.11 Å². The molecule has 0 aliphatic heterocycles. The van der Waals surface area contributed by atoms with E-state index >= 15 is 0 Å². The summed E-state index contributed by atoms with van der Waals surface area (Å²) in [7, 11) is 1.69. The van der Waals surface area contributed by atoms with E-state index in [-0.39, 0.29) is 0 Å². The molecule has 0 fully saturated rings. The van der Waals surface area contributed by atoms with Crippen LogP contribution in [0.25, 0.3) is 0 Å². The molecular formula is C13H17ClO. The van der Waals surface area contributed by atoms with Gasteiger partial charge in [0.2, 0.25) is 0 Å². The molecule has 0 N–H and O–H groups in total. The third-order valence-corrected chi connectivity index (χ3v) is 2.81. The van der Waals surface area contributed by atoms with Gasteiger partial charge in [0.05, 0.1) is 7.11 Å². The van der Waals surface area contributed by atoms with Crippen LogP contribution in [-0.4, -0.2) is 7.11 Å². The molecule has 0 spiro atoms. The Hall–Kier alpha value is -0.950. The zero-order valence-corrected chi connectivity index (χ0v) is 10.1. The molecule has 0 amide bonds. The predicted molar refractivity (Wildman–Crippen MR) is 65.9 cm³/mol. The number of allylic oxidation sites excluding steroid dienone is 1. The third kappa shape index (κ3) is 3.00. The van der Waals surface area contributed by atoms with Crippen LogP contribution in [0.2, 0.25) is 5.02 Å². The molecule has 15 heavy (non-hydrogen) atoms. The highest BCUT2D eigenvalue weighted by Gasteiger charge is 2.13. The average molecular weight is 225 g/mol. The van der Waals surface area contributed by atoms with E-state index < -0.39 is 0 Å². The van der Waals surface area contributed by atoms with E-state index in [9.17, 15) is 0 Å². The lowest BCUT2D eigenvalue weighted by atomic mass is 9.92. The monoisotopic (exact) mass is 224 g/mol. The Kier molecular flexibility index (Phi) is 4.70. The van der Waals surface area contributed by atoms with Gasteiger partial charge in [0.15, 0.2) is 0 Å². The number of halogens is 1. The van der Waals surface area contributed by atoms with Crippen LogP contribution in [0.1, 0.15) is 31.2 Å². The summed E-state index contributed by atoms with van der Waals surface area (Å²) >= 11 is 5.99. The minimum atomic E-state index is 0.441. The average Bonchev–Trinajstić information content (AvgIpc) is 2.26. The van der Waals surface area contributed by atoms with E-state index in [2.05, 4.69) is 13.5 Å². The van der Waals surface area contributed by atoms with Gasteiger partial charge in [0.1, 0.15) is 5.75 Å². The maximum Gasteiger partial charge on any atom is 0.122 e. The number of rotatable bonds is 5. The van der Waals surface area contributed by atoms with Gasteiger partial charge in [0.25, 0.3) is 0 Å². The summed E-state index contributed by atoms with van der Waals surface area (Å²) in [5.41, 5.74) is 1.17. The maximum absolute atomic E-state index is 5.99. The number of hydrogen-bond donors (Lipinski definition) is 0. The lowest BCUT2D eigenvalue weighted by molar-refractivity contribution is 0.404. The van der Waals surface area contributed by atoms with Crippen molar-refractivity contribution in [1.82, 2.24) is 0 Å². The number of benzene rings is 1. The van der Waals surface area contributed by atoms with Gasteiger partial charge in [-0.15, -0.1) is 6.58 Å². The molecule has 1 atom stereocenters. The molecule has 0 aromatic heterocycles. The largest absolute Gasteiger partial charge is 0.496 e. The number of methoxy groups -OCH3 is 1. The lowest BCUT2D eigenvalue weighted by Gasteiger charge is -2.17. The summed E-state index contributed by atoms with van der Waals surface area (Å²) in [6.07, 6.45) is 3.95. The fraction of sp³-hybridized carbons (Fsp3) is 0.385. The number of ether oxygens (including phenoxy) is 1. The van der Waals surface area contributed by atoms with Crippen molar-refractivity contribution in [2.45, 2.75) is 25.7 Å². The Balaban J connectivity index is 3.07. The van der Waals surface area contributed by atoms with E-state index in [0.29, 0.717) is 5.92 Å². The Morgan fingerprint density at radius 3 is 2.80 bits per heavy atom. The van der Waals surface area contributed by atoms with Gasteiger partial charge in [-0.3, -0.25) is 0 Å². The molecule has 0 radical (unpaired) electrons. The highest BCUT2D eigenvalue weighted by molar-refractivity contribution is 6.30. The SMILES string of the molecule is C=CCC(CC)c1cc(Cl)ccc1OC. The van der Waals surface area contributed by atoms with Gasteiger partial charge in [0, 0.05) is 5.02 Å². The van der Waals surface area contributed by atoms with E-state index in [0.717, 1.165) is 23.6 Å². The molecule has 1 unspecified atom stereocenters. The molecule has 0 bridgehead atoms. The fourth-order valence-electron chi connectivity index (χ4n) is 1.74. The van der Waals surface area contributed by atoms with Gasteiger partial charge in [-0.1, -0.05) is 24.6 Å². The summed E-state index contributed by atoms with van der Waals surface area (Å²) in [6.45, 7) is 5.94. The molecule has 82 valence electrons. The maximum atomic E-state index is 5.99. The van der Waals surface area contributed by atoms with Crippen molar-refractivity contribution in [2.24, 2.45) is 0 Å². The van der Waals surface area contributed by atoms with Crippen LogP contribution in [0.3, 0.4) is 0 Å². The predicted octanol–water partition coefficient (Wildman–Crippen LogP) is 4.42. The molecule has 0 aliphatic carbocycles. The summed E-state index contributed by atoms with van der Waals surface area (Å²) in [4.78, 5) is 0. The van der Waals surface area contributed by atoms with Gasteiger partial charge >= 0.3 is 0 Å². The summed E-state index contributed by atoms with van der Waals surface area (Å²) in [5, 5.41) is 0.758. The first-order chi connectivity index (χ1) is 7.22. The summed E-state index contributed by atoms with van der Waals surface area (Å²) in [5.74, 6) is 1.35. The van der Waals surface area contributed by atoms with Crippen LogP contribution in [0.5, 0.6) is 5.75 Å². The van der Waals surface area contributed by atoms with Crippen molar-refractivity contribution in [3.8, 4) is 5.75 Å². The highest BCUT2D eigenvalue weighted by Crippen LogP contribution is 2.33. The second-order valence-corrected chi connectivity index (χ2v) is 3.95. The van der Waals surface area contributed by atoms with E-state index in [1.54, 1.807) is 7.11 Å². The van der Waals surface area contributed by atoms with E-state index in [1.165, 1.54) is 5.56 Å². The lowest BCUT2D eigenvalue weighted by Crippen LogP contribution is -1.99. The van der Waals surface area contributed by atoms with Gasteiger partial charge in [-0.2, -0.15) is 0 Å². The second kappa shape index (κ2) is 5.82. The standard InChI is InChI=1S/C13H17ClO/c1-4-6-10(5-2)12-9-11(14)7-8-13(12)15-3/h4,7-10H,1,5-6H2,2-3H3. The van der Waals surface area contributed by atoms with Crippen molar-refractivity contribution in [1.29, 1.82) is 0 Å². The normalized spacial score (nSPS) is 12.2. The topological polar surface area (TPSA) is 9.23 Å². The van der Waals surface area contributed by atoms with Crippen molar-refractivity contribution >= 4 is 11.6 Å². The zero-order valence-electron chi connectivity index (χ0n) is 9.29. The van der Waals surface area contributed by atoms with E-state index in [4.69, 9.17) is 16.3 Å². The Labute approximate surface area is 96.7 Å². The second-order valence-electron chi connectivity index (χ2n) is 3.52. The molecule has 1 aromatic rings. The first-order valence-electron chi connectivity index (χ1n) is 5.17. The minimum Gasteiger partial charge on any atom is -0.496 e. The van der Waals surface area contributed by atoms with Crippen LogP contribution in [0.15, 0.2) is 30.9 Å². The zero-order chi connectivity index (χ0) is 11.3. The summed E-state index contributed by atoms with van der Waals surface area (Å²) < 4.78 is 5.34. The molecule has 0 saturated heterocycles. The molecule has 0 aliphatic rings. The molecule has 1 aromatic carbocycles. The van der Waals surface area contributed by atoms with Crippen molar-refractivity contribution in [3.05, 3.63) is 41.4 Å². The highest BCUT2D eigenvalue weighted by atomic mass is 35.5. The molecule has 2 heteroatoms. The van der Waals surface area contributed by atoms with Crippen LogP contribution in [0.4, 0.5) is 0 Å². The quantitative estimate of drug-likeness (QED) is 0.673. The molecule has 0 heterocycles. The first-order valence-corrected chi connectivity index (χ1v) is 5.55. The van der Waals surface area contributed by atoms with Gasteiger partial charge in [-0.25, -0.2) is 0 Å². The first kappa shape index (κ1) is 12.1. The van der Waals surface area contributed by atoms with Crippen LogP contribution in [-0.2, 0) is 0 Å². The smallest absolute Gasteiger partial charge is 0.122 e. The summed E-state index contributed by atoms with van der Waals surface area (Å²) in [6, 6.07) is 5.76. The van der Waals surface area contributed by atoms with Crippen LogP contribution < -0.4 is 4.74 Å². The van der Waals surface area contributed by atoms with Crippen molar-refractivity contribution < 1.29 is 4.74 Å². The van der Waals surface area contributed by atoms with Crippen LogP contribution in [0, 0.1) is 0 Å². The number of hydrogen-bond acceptors (Lipinski definition) is 1. The van der Waals surface area contributed by atoms with Gasteiger partial charge < -0.3 is 4.74 Å².